The van der Waals surface area contributed by atoms with Crippen molar-refractivity contribution >= 4 is 12.1 Å². The van der Waals surface area contributed by atoms with Crippen LogP contribution in [0.1, 0.15) is 27.7 Å². The lowest BCUT2D eigenvalue weighted by atomic mass is 10.1. The van der Waals surface area contributed by atoms with Crippen LogP contribution in [0.25, 0.3) is 0 Å². The van der Waals surface area contributed by atoms with E-state index in [0.717, 1.165) is 5.57 Å². The van der Waals surface area contributed by atoms with Crippen molar-refractivity contribution in [3.8, 4) is 0 Å². The Kier molecular flexibility index (Phi) is 4.19. The maximum absolute atomic E-state index is 11.3. The second-order valence-electron chi connectivity index (χ2n) is 3.00. The monoisotopic (exact) mass is 166 g/mol. The van der Waals surface area contributed by atoms with Crippen molar-refractivity contribution in [2.24, 2.45) is 0 Å². The van der Waals surface area contributed by atoms with E-state index in [0.29, 0.717) is 17.4 Å². The molecular weight excluding hydrogens is 152 g/mol. The summed E-state index contributed by atoms with van der Waals surface area (Å²) in [7, 11) is 0. The molecule has 0 aliphatic carbocycles. The van der Waals surface area contributed by atoms with Gasteiger partial charge < -0.3 is 0 Å². The highest BCUT2D eigenvalue weighted by Crippen LogP contribution is 2.05. The Morgan fingerprint density at radius 2 is 1.58 bits per heavy atom. The van der Waals surface area contributed by atoms with E-state index >= 15 is 0 Å². The van der Waals surface area contributed by atoms with E-state index in [-0.39, 0.29) is 5.78 Å². The minimum Gasteiger partial charge on any atom is -0.298 e. The van der Waals surface area contributed by atoms with E-state index in [9.17, 15) is 9.59 Å². The Bertz CT molecular complexity index is 253. The Balaban J connectivity index is 4.65. The molecule has 0 amide bonds. The molecular formula is C10H14O2. The van der Waals surface area contributed by atoms with E-state index in [1.54, 1.807) is 13.8 Å². The Morgan fingerprint density at radius 3 is 1.92 bits per heavy atom. The number of carbonyl (C=O) groups excluding carboxylic acids is 2. The first kappa shape index (κ1) is 10.8. The largest absolute Gasteiger partial charge is 0.298 e. The fourth-order valence-corrected chi connectivity index (χ4v) is 0.595. The topological polar surface area (TPSA) is 34.1 Å². The fraction of sp³-hybridized carbons (Fsp3) is 0.400. The van der Waals surface area contributed by atoms with Crippen LogP contribution in [0.4, 0.5) is 0 Å². The predicted molar refractivity (Wildman–Crippen MR) is 48.9 cm³/mol. The molecule has 0 radical (unpaired) electrons. The molecule has 0 unspecified atom stereocenters. The van der Waals surface area contributed by atoms with E-state index in [1.807, 2.05) is 13.8 Å². The quantitative estimate of drug-likeness (QED) is 0.475. The van der Waals surface area contributed by atoms with Crippen molar-refractivity contribution in [1.82, 2.24) is 0 Å². The number of ketones is 1. The molecule has 0 rings (SSSR count). The molecule has 0 saturated heterocycles. The lowest BCUT2D eigenvalue weighted by Gasteiger charge is -1.97. The van der Waals surface area contributed by atoms with Gasteiger partial charge in [-0.15, -0.1) is 0 Å². The van der Waals surface area contributed by atoms with Crippen LogP contribution in [-0.2, 0) is 9.59 Å². The molecule has 0 spiro atoms. The first-order valence-corrected chi connectivity index (χ1v) is 3.81. The molecule has 0 aromatic rings. The van der Waals surface area contributed by atoms with Crippen LogP contribution < -0.4 is 0 Å². The molecule has 2 heteroatoms. The summed E-state index contributed by atoms with van der Waals surface area (Å²) >= 11 is 0. The zero-order valence-electron chi connectivity index (χ0n) is 7.97. The van der Waals surface area contributed by atoms with Gasteiger partial charge in [-0.05, 0) is 44.9 Å². The van der Waals surface area contributed by atoms with Crippen LogP contribution >= 0.6 is 0 Å². The second-order valence-corrected chi connectivity index (χ2v) is 3.00. The van der Waals surface area contributed by atoms with Crippen LogP contribution in [0.15, 0.2) is 22.8 Å². The normalized spacial score (nSPS) is 10.8. The summed E-state index contributed by atoms with van der Waals surface area (Å²) in [5, 5.41) is 0. The third-order valence-electron chi connectivity index (χ3n) is 1.66. The smallest absolute Gasteiger partial charge is 0.181 e. The van der Waals surface area contributed by atoms with E-state index in [1.165, 1.54) is 6.08 Å². The van der Waals surface area contributed by atoms with Gasteiger partial charge in [0.25, 0.3) is 0 Å². The molecule has 0 fully saturated rings. The molecule has 0 N–H and O–H groups in total. The van der Waals surface area contributed by atoms with Crippen LogP contribution in [-0.4, -0.2) is 12.1 Å². The fourth-order valence-electron chi connectivity index (χ4n) is 0.595. The van der Waals surface area contributed by atoms with Crippen LogP contribution in [0.3, 0.4) is 0 Å². The predicted octanol–water partition coefficient (Wildman–Crippen LogP) is 2.06. The van der Waals surface area contributed by atoms with Gasteiger partial charge in [0.15, 0.2) is 5.78 Å². The summed E-state index contributed by atoms with van der Waals surface area (Å²) in [6, 6.07) is 0. The Labute approximate surface area is 73.0 Å². The first-order valence-electron chi connectivity index (χ1n) is 3.81. The molecule has 0 saturated carbocycles. The summed E-state index contributed by atoms with van der Waals surface area (Å²) in [5.41, 5.74) is 2.15. The van der Waals surface area contributed by atoms with Crippen molar-refractivity contribution in [1.29, 1.82) is 0 Å². The molecule has 0 atom stereocenters. The van der Waals surface area contributed by atoms with Gasteiger partial charge in [-0.25, -0.2) is 0 Å². The minimum atomic E-state index is -0.0837. The molecule has 0 heterocycles. The molecule has 0 aromatic heterocycles. The summed E-state index contributed by atoms with van der Waals surface area (Å²) < 4.78 is 0. The molecule has 0 aliphatic heterocycles. The average molecular weight is 166 g/mol. The van der Waals surface area contributed by atoms with E-state index in [2.05, 4.69) is 0 Å². The van der Waals surface area contributed by atoms with Gasteiger partial charge in [-0.2, -0.15) is 0 Å². The van der Waals surface area contributed by atoms with Gasteiger partial charge in [0.1, 0.15) is 6.29 Å². The van der Waals surface area contributed by atoms with Crippen LogP contribution in [0.5, 0.6) is 0 Å². The van der Waals surface area contributed by atoms with Gasteiger partial charge >= 0.3 is 0 Å². The molecule has 0 aromatic carbocycles. The number of allylic oxidation sites excluding steroid dienone is 4. The van der Waals surface area contributed by atoms with Crippen molar-refractivity contribution in [3.63, 3.8) is 0 Å². The van der Waals surface area contributed by atoms with E-state index in [4.69, 9.17) is 0 Å². The highest BCUT2D eigenvalue weighted by molar-refractivity contribution is 6.06. The third-order valence-corrected chi connectivity index (χ3v) is 1.66. The van der Waals surface area contributed by atoms with Crippen molar-refractivity contribution in [2.75, 3.05) is 0 Å². The maximum Gasteiger partial charge on any atom is 0.181 e. The van der Waals surface area contributed by atoms with Crippen molar-refractivity contribution in [3.05, 3.63) is 22.8 Å². The zero-order chi connectivity index (χ0) is 9.72. The molecule has 66 valence electrons. The maximum atomic E-state index is 11.3. The van der Waals surface area contributed by atoms with Gasteiger partial charge in [0.05, 0.1) is 0 Å². The lowest BCUT2D eigenvalue weighted by Crippen LogP contribution is -1.98. The highest BCUT2D eigenvalue weighted by atomic mass is 16.1. The number of hydrogen-bond acceptors (Lipinski definition) is 2. The van der Waals surface area contributed by atoms with Crippen LogP contribution in [0.2, 0.25) is 0 Å². The number of carbonyl (C=O) groups is 2. The standard InChI is InChI=1S/C10H14O2/c1-7(2)9(4)10(12)5-8(3)6-11/h5-6H,1-4H3/b8-5-. The van der Waals surface area contributed by atoms with Gasteiger partial charge in [0.2, 0.25) is 0 Å². The first-order chi connectivity index (χ1) is 5.49. The lowest BCUT2D eigenvalue weighted by molar-refractivity contribution is -0.112. The Morgan fingerprint density at radius 1 is 1.08 bits per heavy atom. The van der Waals surface area contributed by atoms with E-state index < -0.39 is 0 Å². The van der Waals surface area contributed by atoms with Gasteiger partial charge in [-0.1, -0.05) is 5.57 Å². The third kappa shape index (κ3) is 3.28. The number of aldehydes is 1. The average Bonchev–Trinajstić information content (AvgIpc) is 2.02. The van der Waals surface area contributed by atoms with Crippen LogP contribution in [0, 0.1) is 0 Å². The highest BCUT2D eigenvalue weighted by Gasteiger charge is 2.02. The number of hydrogen-bond donors (Lipinski definition) is 0. The van der Waals surface area contributed by atoms with Gasteiger partial charge in [-0.3, -0.25) is 9.59 Å². The second kappa shape index (κ2) is 4.65. The molecule has 0 aliphatic rings. The molecule has 2 nitrogen and oxygen atoms in total. The summed E-state index contributed by atoms with van der Waals surface area (Å²) in [6.45, 7) is 7.12. The van der Waals surface area contributed by atoms with Crippen molar-refractivity contribution in [2.45, 2.75) is 27.7 Å². The Hall–Kier alpha value is -1.18. The minimum absolute atomic E-state index is 0.0837. The molecule has 12 heavy (non-hydrogen) atoms. The van der Waals surface area contributed by atoms with Gasteiger partial charge in [0, 0.05) is 0 Å². The molecule has 0 bridgehead atoms. The zero-order valence-corrected chi connectivity index (χ0v) is 7.97. The van der Waals surface area contributed by atoms with Crippen molar-refractivity contribution < 1.29 is 9.59 Å². The summed E-state index contributed by atoms with van der Waals surface area (Å²) in [5.74, 6) is -0.0837. The number of rotatable bonds is 3. The SMILES string of the molecule is CC(C)=C(C)C(=O)/C=C(/C)C=O. The summed E-state index contributed by atoms with van der Waals surface area (Å²) in [4.78, 5) is 21.5. The summed E-state index contributed by atoms with van der Waals surface area (Å²) in [6.07, 6.45) is 2.03.